The van der Waals surface area contributed by atoms with Crippen molar-refractivity contribution in [2.24, 2.45) is 0 Å². The van der Waals surface area contributed by atoms with Crippen molar-refractivity contribution < 1.29 is 4.42 Å². The first-order valence-corrected chi connectivity index (χ1v) is 5.59. The molecular formula is C12H7BrN2O. The van der Waals surface area contributed by atoms with Gasteiger partial charge in [0.25, 0.3) is 0 Å². The van der Waals surface area contributed by atoms with E-state index in [0.29, 0.717) is 5.71 Å². The fourth-order valence-corrected chi connectivity index (χ4v) is 2.17. The van der Waals surface area contributed by atoms with Gasteiger partial charge in [-0.3, -0.25) is 0 Å². The van der Waals surface area contributed by atoms with Crippen LogP contribution in [0.5, 0.6) is 0 Å². The lowest BCUT2D eigenvalue weighted by Crippen LogP contribution is -1.74. The number of nitrogens with zero attached hydrogens (tertiary/aromatic N) is 2. The van der Waals surface area contributed by atoms with E-state index in [2.05, 4.69) is 25.9 Å². The summed E-state index contributed by atoms with van der Waals surface area (Å²) in [6.45, 7) is 0. The van der Waals surface area contributed by atoms with Crippen molar-refractivity contribution in [3.05, 3.63) is 47.3 Å². The van der Waals surface area contributed by atoms with Gasteiger partial charge in [0.05, 0.1) is 9.86 Å². The third-order valence-corrected chi connectivity index (χ3v) is 3.13. The summed E-state index contributed by atoms with van der Waals surface area (Å²) in [6, 6.07) is 9.91. The molecule has 0 saturated heterocycles. The summed E-state index contributed by atoms with van der Waals surface area (Å²) in [4.78, 5) is 8.06. The molecule has 0 N–H and O–H groups in total. The molecule has 0 aliphatic carbocycles. The molecule has 0 radical (unpaired) electrons. The van der Waals surface area contributed by atoms with E-state index in [0.717, 1.165) is 21.2 Å². The molecule has 3 aromatic rings. The zero-order chi connectivity index (χ0) is 11.0. The Bertz CT molecular complexity index is 634. The number of hydrogen-bond donors (Lipinski definition) is 0. The number of benzene rings is 1. The van der Waals surface area contributed by atoms with E-state index >= 15 is 0 Å². The van der Waals surface area contributed by atoms with Crippen LogP contribution >= 0.6 is 15.9 Å². The standard InChI is InChI=1S/C12H7BrN2O/c13-10-9-6-14-7-15-12(9)16-11(10)8-4-2-1-3-5-8/h1-7H. The summed E-state index contributed by atoms with van der Waals surface area (Å²) in [5.74, 6) is 0.788. The van der Waals surface area contributed by atoms with Crippen molar-refractivity contribution in [1.29, 1.82) is 0 Å². The number of hydrogen-bond acceptors (Lipinski definition) is 3. The van der Waals surface area contributed by atoms with Crippen molar-refractivity contribution >= 4 is 27.0 Å². The molecule has 2 aromatic heterocycles. The molecule has 1 aromatic carbocycles. The molecule has 2 heterocycles. The maximum atomic E-state index is 5.69. The average Bonchev–Trinajstić information content (AvgIpc) is 2.69. The molecule has 0 amide bonds. The molecule has 0 spiro atoms. The number of fused-ring (bicyclic) bond motifs is 1. The Balaban J connectivity index is 2.29. The van der Waals surface area contributed by atoms with Gasteiger partial charge < -0.3 is 4.42 Å². The Morgan fingerprint density at radius 2 is 1.94 bits per heavy atom. The van der Waals surface area contributed by atoms with Crippen LogP contribution in [0.3, 0.4) is 0 Å². The first-order valence-electron chi connectivity index (χ1n) is 4.79. The topological polar surface area (TPSA) is 38.9 Å². The van der Waals surface area contributed by atoms with Gasteiger partial charge in [-0.2, -0.15) is 0 Å². The van der Waals surface area contributed by atoms with Crippen LogP contribution in [-0.4, -0.2) is 9.97 Å². The van der Waals surface area contributed by atoms with E-state index in [9.17, 15) is 0 Å². The van der Waals surface area contributed by atoms with Gasteiger partial charge in [-0.15, -0.1) is 0 Å². The number of halogens is 1. The molecule has 3 nitrogen and oxygen atoms in total. The van der Waals surface area contributed by atoms with Crippen LogP contribution in [0.15, 0.2) is 51.7 Å². The van der Waals surface area contributed by atoms with E-state index in [1.807, 2.05) is 30.3 Å². The summed E-state index contributed by atoms with van der Waals surface area (Å²) < 4.78 is 6.58. The van der Waals surface area contributed by atoms with E-state index in [1.54, 1.807) is 6.20 Å². The Kier molecular flexibility index (Phi) is 2.22. The van der Waals surface area contributed by atoms with Gasteiger partial charge in [0.15, 0.2) is 5.76 Å². The number of aromatic nitrogens is 2. The summed E-state index contributed by atoms with van der Waals surface area (Å²) in [5.41, 5.74) is 1.62. The van der Waals surface area contributed by atoms with Gasteiger partial charge in [-0.25, -0.2) is 9.97 Å². The lowest BCUT2D eigenvalue weighted by Gasteiger charge is -1.95. The van der Waals surface area contributed by atoms with Crippen molar-refractivity contribution in [3.63, 3.8) is 0 Å². The zero-order valence-electron chi connectivity index (χ0n) is 8.22. The molecule has 0 aliphatic heterocycles. The van der Waals surface area contributed by atoms with Crippen molar-refractivity contribution in [1.82, 2.24) is 9.97 Å². The molecule has 0 saturated carbocycles. The van der Waals surface area contributed by atoms with Crippen molar-refractivity contribution in [2.75, 3.05) is 0 Å². The van der Waals surface area contributed by atoms with Gasteiger partial charge >= 0.3 is 0 Å². The zero-order valence-corrected chi connectivity index (χ0v) is 9.81. The molecule has 0 fully saturated rings. The Hall–Kier alpha value is -1.68. The SMILES string of the molecule is Brc1c(-c2ccccc2)oc2ncncc12. The quantitative estimate of drug-likeness (QED) is 0.680. The summed E-state index contributed by atoms with van der Waals surface area (Å²) in [5, 5.41) is 0.890. The largest absolute Gasteiger partial charge is 0.436 e. The van der Waals surface area contributed by atoms with Crippen LogP contribution in [0.1, 0.15) is 0 Å². The monoisotopic (exact) mass is 274 g/mol. The number of furan rings is 1. The highest BCUT2D eigenvalue weighted by molar-refractivity contribution is 9.10. The molecule has 0 unspecified atom stereocenters. The summed E-state index contributed by atoms with van der Waals surface area (Å²) in [6.07, 6.45) is 3.22. The lowest BCUT2D eigenvalue weighted by atomic mass is 10.2. The average molecular weight is 275 g/mol. The summed E-state index contributed by atoms with van der Waals surface area (Å²) in [7, 11) is 0. The highest BCUT2D eigenvalue weighted by atomic mass is 79.9. The van der Waals surface area contributed by atoms with Crippen molar-refractivity contribution in [3.8, 4) is 11.3 Å². The third kappa shape index (κ3) is 1.42. The molecule has 0 bridgehead atoms. The van der Waals surface area contributed by atoms with Crippen LogP contribution in [0, 0.1) is 0 Å². The second-order valence-corrected chi connectivity index (χ2v) is 4.15. The van der Waals surface area contributed by atoms with Crippen LogP contribution < -0.4 is 0 Å². The highest BCUT2D eigenvalue weighted by Gasteiger charge is 2.13. The third-order valence-electron chi connectivity index (χ3n) is 2.35. The van der Waals surface area contributed by atoms with Gasteiger partial charge in [0.2, 0.25) is 5.71 Å². The maximum absolute atomic E-state index is 5.69. The lowest BCUT2D eigenvalue weighted by molar-refractivity contribution is 0.616. The normalized spacial score (nSPS) is 10.8. The van der Waals surface area contributed by atoms with Crippen LogP contribution in [0.2, 0.25) is 0 Å². The fourth-order valence-electron chi connectivity index (χ4n) is 1.59. The minimum absolute atomic E-state index is 0.598. The minimum atomic E-state index is 0.598. The Labute approximate surface area is 100 Å². The summed E-state index contributed by atoms with van der Waals surface area (Å²) >= 11 is 3.51. The fraction of sp³-hybridized carbons (Fsp3) is 0. The van der Waals surface area contributed by atoms with Crippen LogP contribution in [0.25, 0.3) is 22.4 Å². The van der Waals surface area contributed by atoms with Crippen molar-refractivity contribution in [2.45, 2.75) is 0 Å². The van der Waals surface area contributed by atoms with E-state index in [-0.39, 0.29) is 0 Å². The Morgan fingerprint density at radius 1 is 1.12 bits per heavy atom. The predicted molar refractivity (Wildman–Crippen MR) is 64.9 cm³/mol. The smallest absolute Gasteiger partial charge is 0.230 e. The first-order chi connectivity index (χ1) is 7.86. The molecular weight excluding hydrogens is 268 g/mol. The maximum Gasteiger partial charge on any atom is 0.230 e. The molecule has 0 aliphatic rings. The van der Waals surface area contributed by atoms with Crippen LogP contribution in [-0.2, 0) is 0 Å². The van der Waals surface area contributed by atoms with Gasteiger partial charge in [0.1, 0.15) is 6.33 Å². The number of rotatable bonds is 1. The second kappa shape index (κ2) is 3.72. The molecule has 16 heavy (non-hydrogen) atoms. The molecule has 78 valence electrons. The van der Waals surface area contributed by atoms with Gasteiger partial charge in [-0.05, 0) is 15.9 Å². The molecule has 4 heteroatoms. The van der Waals surface area contributed by atoms with Gasteiger partial charge in [0, 0.05) is 11.8 Å². The minimum Gasteiger partial charge on any atom is -0.436 e. The van der Waals surface area contributed by atoms with E-state index in [1.165, 1.54) is 6.33 Å². The molecule has 3 rings (SSSR count). The first kappa shape index (κ1) is 9.54. The van der Waals surface area contributed by atoms with E-state index in [4.69, 9.17) is 4.42 Å². The Morgan fingerprint density at radius 3 is 2.69 bits per heavy atom. The van der Waals surface area contributed by atoms with Crippen LogP contribution in [0.4, 0.5) is 0 Å². The second-order valence-electron chi connectivity index (χ2n) is 3.35. The predicted octanol–water partition coefficient (Wildman–Crippen LogP) is 3.65. The molecule has 0 atom stereocenters. The highest BCUT2D eigenvalue weighted by Crippen LogP contribution is 2.35. The van der Waals surface area contributed by atoms with E-state index < -0.39 is 0 Å². The van der Waals surface area contributed by atoms with Gasteiger partial charge in [-0.1, -0.05) is 30.3 Å².